The maximum absolute atomic E-state index is 5.77. The first kappa shape index (κ1) is 17.0. The van der Waals surface area contributed by atoms with Crippen molar-refractivity contribution in [3.63, 3.8) is 0 Å². The van der Waals surface area contributed by atoms with Crippen LogP contribution in [0.4, 0.5) is 5.69 Å². The van der Waals surface area contributed by atoms with Crippen molar-refractivity contribution < 1.29 is 0 Å². The lowest BCUT2D eigenvalue weighted by Crippen LogP contribution is -2.17. The lowest BCUT2D eigenvalue weighted by Gasteiger charge is -2.06. The van der Waals surface area contributed by atoms with E-state index in [9.17, 15) is 0 Å². The molecule has 0 aliphatic heterocycles. The van der Waals surface area contributed by atoms with Gasteiger partial charge in [-0.05, 0) is 56.0 Å². The maximum atomic E-state index is 5.77. The number of anilines is 1. The Bertz CT molecular complexity index is 347. The van der Waals surface area contributed by atoms with Crippen molar-refractivity contribution in [1.82, 2.24) is 5.32 Å². The van der Waals surface area contributed by atoms with Crippen LogP contribution < -0.4 is 11.1 Å². The summed E-state index contributed by atoms with van der Waals surface area (Å²) < 4.78 is 0. The van der Waals surface area contributed by atoms with Crippen LogP contribution in [-0.2, 0) is 6.42 Å². The van der Waals surface area contributed by atoms with Crippen molar-refractivity contribution in [2.75, 3.05) is 18.8 Å². The predicted octanol–water partition coefficient (Wildman–Crippen LogP) is 4.40. The summed E-state index contributed by atoms with van der Waals surface area (Å²) in [4.78, 5) is 0. The Labute approximate surface area is 125 Å². The normalized spacial score (nSPS) is 11.2. The minimum atomic E-state index is 0.861. The van der Waals surface area contributed by atoms with E-state index in [-0.39, 0.29) is 0 Å². The van der Waals surface area contributed by atoms with Gasteiger partial charge in [0, 0.05) is 5.69 Å². The third kappa shape index (κ3) is 8.98. The number of nitrogens with two attached hydrogens (primary N) is 1. The van der Waals surface area contributed by atoms with Gasteiger partial charge < -0.3 is 11.1 Å². The molecule has 20 heavy (non-hydrogen) atoms. The number of rotatable bonds is 11. The molecule has 0 aliphatic carbocycles. The zero-order valence-corrected chi connectivity index (χ0v) is 13.3. The standard InChI is InChI=1S/C18H32N2/c1-16(2)9-5-3-4-6-13-20-14-8-11-17-10-7-12-18(19)15-17/h7,10,12,15-16,20H,3-6,8-9,11,13-14,19H2,1-2H3. The van der Waals surface area contributed by atoms with Crippen LogP contribution in [0.15, 0.2) is 24.3 Å². The van der Waals surface area contributed by atoms with Crippen LogP contribution in [0.3, 0.4) is 0 Å². The van der Waals surface area contributed by atoms with Crippen molar-refractivity contribution in [2.24, 2.45) is 5.92 Å². The molecule has 0 saturated carbocycles. The fraction of sp³-hybridized carbons (Fsp3) is 0.667. The quantitative estimate of drug-likeness (QED) is 0.464. The van der Waals surface area contributed by atoms with E-state index in [1.165, 1.54) is 50.6 Å². The van der Waals surface area contributed by atoms with Crippen LogP contribution in [0.25, 0.3) is 0 Å². The molecule has 3 N–H and O–H groups in total. The average Bonchev–Trinajstić information content (AvgIpc) is 2.40. The van der Waals surface area contributed by atoms with Gasteiger partial charge in [0.15, 0.2) is 0 Å². The van der Waals surface area contributed by atoms with E-state index in [1.54, 1.807) is 0 Å². The topological polar surface area (TPSA) is 38.0 Å². The lowest BCUT2D eigenvalue weighted by atomic mass is 10.0. The molecule has 0 aliphatic rings. The van der Waals surface area contributed by atoms with Gasteiger partial charge in [0.05, 0.1) is 0 Å². The molecule has 0 spiro atoms. The summed E-state index contributed by atoms with van der Waals surface area (Å²) in [6.45, 7) is 6.89. The van der Waals surface area contributed by atoms with Crippen LogP contribution >= 0.6 is 0 Å². The molecule has 0 atom stereocenters. The van der Waals surface area contributed by atoms with E-state index < -0.39 is 0 Å². The van der Waals surface area contributed by atoms with Crippen LogP contribution in [0.2, 0.25) is 0 Å². The third-order valence-electron chi connectivity index (χ3n) is 3.66. The highest BCUT2D eigenvalue weighted by Gasteiger charge is 1.96. The highest BCUT2D eigenvalue weighted by atomic mass is 14.8. The number of unbranched alkanes of at least 4 members (excludes halogenated alkanes) is 3. The monoisotopic (exact) mass is 276 g/mol. The molecule has 1 aromatic carbocycles. The Morgan fingerprint density at radius 3 is 2.50 bits per heavy atom. The first-order valence-corrected chi connectivity index (χ1v) is 8.23. The van der Waals surface area contributed by atoms with Gasteiger partial charge in [-0.25, -0.2) is 0 Å². The summed E-state index contributed by atoms with van der Waals surface area (Å²) in [6.07, 6.45) is 9.17. The van der Waals surface area contributed by atoms with Gasteiger partial charge in [-0.15, -0.1) is 0 Å². The van der Waals surface area contributed by atoms with Gasteiger partial charge in [0.1, 0.15) is 0 Å². The fourth-order valence-electron chi connectivity index (χ4n) is 2.45. The summed E-state index contributed by atoms with van der Waals surface area (Å²) in [7, 11) is 0. The molecule has 1 rings (SSSR count). The lowest BCUT2D eigenvalue weighted by molar-refractivity contribution is 0.511. The second kappa shape index (κ2) is 10.7. The molecule has 2 heteroatoms. The summed E-state index contributed by atoms with van der Waals surface area (Å²) in [5.41, 5.74) is 7.99. The number of aryl methyl sites for hydroxylation is 1. The predicted molar refractivity (Wildman–Crippen MR) is 90.0 cm³/mol. The number of benzene rings is 1. The molecule has 1 aromatic rings. The number of hydrogen-bond donors (Lipinski definition) is 2. The van der Waals surface area contributed by atoms with Crippen LogP contribution in [0, 0.1) is 5.92 Å². The molecule has 0 heterocycles. The van der Waals surface area contributed by atoms with Gasteiger partial charge in [-0.1, -0.05) is 51.7 Å². The first-order valence-electron chi connectivity index (χ1n) is 8.23. The van der Waals surface area contributed by atoms with Gasteiger partial charge in [-0.3, -0.25) is 0 Å². The molecule has 2 nitrogen and oxygen atoms in total. The van der Waals surface area contributed by atoms with E-state index in [1.807, 2.05) is 12.1 Å². The zero-order valence-electron chi connectivity index (χ0n) is 13.3. The Balaban J connectivity index is 1.88. The molecular weight excluding hydrogens is 244 g/mol. The summed E-state index contributed by atoms with van der Waals surface area (Å²) in [6, 6.07) is 8.22. The Morgan fingerprint density at radius 1 is 1.00 bits per heavy atom. The molecule has 0 bridgehead atoms. The summed E-state index contributed by atoms with van der Waals surface area (Å²) >= 11 is 0. The zero-order chi connectivity index (χ0) is 14.6. The van der Waals surface area contributed by atoms with E-state index in [4.69, 9.17) is 5.73 Å². The van der Waals surface area contributed by atoms with Crippen molar-refractivity contribution in [3.8, 4) is 0 Å². The molecule has 0 amide bonds. The number of nitrogen functional groups attached to an aromatic ring is 1. The molecule has 114 valence electrons. The molecule has 0 unspecified atom stereocenters. The number of nitrogens with one attached hydrogen (secondary N) is 1. The summed E-state index contributed by atoms with van der Waals surface area (Å²) in [5.74, 6) is 0.861. The minimum Gasteiger partial charge on any atom is -0.399 e. The summed E-state index contributed by atoms with van der Waals surface area (Å²) in [5, 5.41) is 3.54. The van der Waals surface area contributed by atoms with Gasteiger partial charge in [0.25, 0.3) is 0 Å². The smallest absolute Gasteiger partial charge is 0.0316 e. The Kier molecular flexibility index (Phi) is 9.14. The van der Waals surface area contributed by atoms with Crippen LogP contribution in [0.5, 0.6) is 0 Å². The van der Waals surface area contributed by atoms with Gasteiger partial charge in [-0.2, -0.15) is 0 Å². The fourth-order valence-corrected chi connectivity index (χ4v) is 2.45. The first-order chi connectivity index (χ1) is 9.68. The molecule has 0 fully saturated rings. The number of hydrogen-bond acceptors (Lipinski definition) is 2. The van der Waals surface area contributed by atoms with Gasteiger partial charge in [0.2, 0.25) is 0 Å². The van der Waals surface area contributed by atoms with Crippen molar-refractivity contribution in [3.05, 3.63) is 29.8 Å². The third-order valence-corrected chi connectivity index (χ3v) is 3.66. The second-order valence-corrected chi connectivity index (χ2v) is 6.20. The van der Waals surface area contributed by atoms with E-state index in [0.29, 0.717) is 0 Å². The SMILES string of the molecule is CC(C)CCCCCCNCCCc1cccc(N)c1. The minimum absolute atomic E-state index is 0.861. The van der Waals surface area contributed by atoms with Crippen molar-refractivity contribution in [2.45, 2.75) is 58.8 Å². The van der Waals surface area contributed by atoms with E-state index in [2.05, 4.69) is 31.3 Å². The molecule has 0 aromatic heterocycles. The second-order valence-electron chi connectivity index (χ2n) is 6.20. The van der Waals surface area contributed by atoms with Crippen molar-refractivity contribution >= 4 is 5.69 Å². The molecular formula is C18H32N2. The van der Waals surface area contributed by atoms with Gasteiger partial charge >= 0.3 is 0 Å². The van der Waals surface area contributed by atoms with E-state index >= 15 is 0 Å². The highest BCUT2D eigenvalue weighted by Crippen LogP contribution is 2.09. The Hall–Kier alpha value is -1.02. The highest BCUT2D eigenvalue weighted by molar-refractivity contribution is 5.40. The Morgan fingerprint density at radius 2 is 1.75 bits per heavy atom. The van der Waals surface area contributed by atoms with Crippen LogP contribution in [0.1, 0.15) is 57.9 Å². The van der Waals surface area contributed by atoms with Crippen LogP contribution in [-0.4, -0.2) is 13.1 Å². The van der Waals surface area contributed by atoms with E-state index in [0.717, 1.165) is 24.6 Å². The largest absolute Gasteiger partial charge is 0.399 e. The molecule has 0 radical (unpaired) electrons. The molecule has 0 saturated heterocycles. The maximum Gasteiger partial charge on any atom is 0.0316 e. The average molecular weight is 276 g/mol. The van der Waals surface area contributed by atoms with Crippen molar-refractivity contribution in [1.29, 1.82) is 0 Å².